The van der Waals surface area contributed by atoms with Crippen LogP contribution in [0.15, 0.2) is 71.6 Å². The summed E-state index contributed by atoms with van der Waals surface area (Å²) in [5.41, 5.74) is 2.85. The lowest BCUT2D eigenvalue weighted by Crippen LogP contribution is -2.23. The molecule has 1 aliphatic rings. The van der Waals surface area contributed by atoms with E-state index in [1.54, 1.807) is 30.3 Å². The Balaban J connectivity index is 1.43. The zero-order chi connectivity index (χ0) is 22.6. The van der Waals surface area contributed by atoms with E-state index in [2.05, 4.69) is 17.0 Å². The fourth-order valence-electron chi connectivity index (χ4n) is 3.36. The summed E-state index contributed by atoms with van der Waals surface area (Å²) >= 11 is 0. The van der Waals surface area contributed by atoms with Crippen molar-refractivity contribution in [2.45, 2.75) is 31.2 Å². The van der Waals surface area contributed by atoms with Gasteiger partial charge in [-0.1, -0.05) is 37.6 Å². The third-order valence-electron chi connectivity index (χ3n) is 5.06. The Morgan fingerprint density at radius 3 is 2.47 bits per heavy atom. The molecule has 7 nitrogen and oxygen atoms in total. The van der Waals surface area contributed by atoms with Gasteiger partial charge in [-0.15, -0.1) is 0 Å². The van der Waals surface area contributed by atoms with Gasteiger partial charge in [-0.25, -0.2) is 13.1 Å². The fraction of sp³-hybridized carbons (Fsp3) is 0.208. The maximum atomic E-state index is 12.8. The molecule has 1 amide bonds. The molecule has 0 atom stereocenters. The van der Waals surface area contributed by atoms with Gasteiger partial charge < -0.3 is 14.8 Å². The normalized spacial score (nSPS) is 12.5. The topological polar surface area (TPSA) is 93.7 Å². The first-order valence-electron chi connectivity index (χ1n) is 10.3. The van der Waals surface area contributed by atoms with Crippen LogP contribution in [0.3, 0.4) is 0 Å². The van der Waals surface area contributed by atoms with Gasteiger partial charge in [0.05, 0.1) is 4.90 Å². The molecule has 0 aliphatic carbocycles. The van der Waals surface area contributed by atoms with Gasteiger partial charge in [0, 0.05) is 17.8 Å². The highest BCUT2D eigenvalue weighted by Crippen LogP contribution is 2.32. The van der Waals surface area contributed by atoms with Crippen molar-refractivity contribution in [2.75, 3.05) is 12.1 Å². The van der Waals surface area contributed by atoms with E-state index >= 15 is 0 Å². The number of ether oxygens (including phenoxy) is 2. The summed E-state index contributed by atoms with van der Waals surface area (Å²) in [5, 5.41) is 2.81. The van der Waals surface area contributed by atoms with Crippen molar-refractivity contribution >= 4 is 21.6 Å². The summed E-state index contributed by atoms with van der Waals surface area (Å²) in [6.45, 7) is 2.35. The largest absolute Gasteiger partial charge is 0.454 e. The Morgan fingerprint density at radius 1 is 0.938 bits per heavy atom. The van der Waals surface area contributed by atoms with E-state index in [0.29, 0.717) is 17.2 Å². The van der Waals surface area contributed by atoms with Gasteiger partial charge in [-0.2, -0.15) is 0 Å². The summed E-state index contributed by atoms with van der Waals surface area (Å²) in [7, 11) is -3.82. The number of aryl methyl sites for hydroxylation is 1. The molecule has 0 unspecified atom stereocenters. The quantitative estimate of drug-likeness (QED) is 0.537. The molecule has 3 aromatic carbocycles. The summed E-state index contributed by atoms with van der Waals surface area (Å²) in [6.07, 6.45) is 2.03. The molecule has 3 aromatic rings. The molecule has 0 radical (unpaired) electrons. The first-order chi connectivity index (χ1) is 15.4. The Labute approximate surface area is 187 Å². The number of anilines is 1. The number of sulfonamides is 1. The van der Waals surface area contributed by atoms with Gasteiger partial charge in [-0.05, 0) is 60.0 Å². The van der Waals surface area contributed by atoms with E-state index in [0.717, 1.165) is 18.4 Å². The van der Waals surface area contributed by atoms with Crippen LogP contribution in [0, 0.1) is 0 Å². The smallest absolute Gasteiger partial charge is 0.255 e. The number of hydrogen-bond donors (Lipinski definition) is 2. The molecule has 4 rings (SSSR count). The van der Waals surface area contributed by atoms with Crippen LogP contribution in [0.1, 0.15) is 34.8 Å². The van der Waals surface area contributed by atoms with Crippen LogP contribution < -0.4 is 19.5 Å². The molecule has 0 bridgehead atoms. The first-order valence-corrected chi connectivity index (χ1v) is 11.8. The Hall–Kier alpha value is -3.36. The highest BCUT2D eigenvalue weighted by atomic mass is 32.2. The molecule has 166 valence electrons. The van der Waals surface area contributed by atoms with Gasteiger partial charge in [0.15, 0.2) is 11.5 Å². The molecular weight excluding hydrogens is 428 g/mol. The number of rotatable bonds is 8. The molecule has 0 saturated heterocycles. The monoisotopic (exact) mass is 452 g/mol. The second kappa shape index (κ2) is 9.42. The predicted octanol–water partition coefficient (Wildman–Crippen LogP) is 4.10. The minimum Gasteiger partial charge on any atom is -0.454 e. The van der Waals surface area contributed by atoms with Gasteiger partial charge >= 0.3 is 0 Å². The van der Waals surface area contributed by atoms with E-state index in [4.69, 9.17) is 9.47 Å². The van der Waals surface area contributed by atoms with Crippen LogP contribution in [0.5, 0.6) is 11.5 Å². The lowest BCUT2D eigenvalue weighted by atomic mass is 10.1. The van der Waals surface area contributed by atoms with Gasteiger partial charge in [0.2, 0.25) is 16.8 Å². The highest BCUT2D eigenvalue weighted by Gasteiger charge is 2.18. The van der Waals surface area contributed by atoms with Crippen LogP contribution in [-0.2, 0) is 23.0 Å². The number of hydrogen-bond acceptors (Lipinski definition) is 5. The van der Waals surface area contributed by atoms with Crippen molar-refractivity contribution in [2.24, 2.45) is 0 Å². The number of carbonyl (C=O) groups excluding carboxylic acids is 1. The second-order valence-electron chi connectivity index (χ2n) is 7.44. The molecule has 0 saturated carbocycles. The van der Waals surface area contributed by atoms with Crippen LogP contribution >= 0.6 is 0 Å². The van der Waals surface area contributed by atoms with E-state index in [-0.39, 0.29) is 29.7 Å². The first kappa shape index (κ1) is 21.9. The van der Waals surface area contributed by atoms with Crippen LogP contribution in [0.25, 0.3) is 0 Å². The number of benzene rings is 3. The highest BCUT2D eigenvalue weighted by molar-refractivity contribution is 7.89. The van der Waals surface area contributed by atoms with Crippen LogP contribution in [0.4, 0.5) is 5.69 Å². The average Bonchev–Trinajstić information content (AvgIpc) is 3.27. The summed E-state index contributed by atoms with van der Waals surface area (Å²) in [4.78, 5) is 12.7. The van der Waals surface area contributed by atoms with Crippen molar-refractivity contribution in [3.8, 4) is 11.5 Å². The van der Waals surface area contributed by atoms with Crippen molar-refractivity contribution in [3.63, 3.8) is 0 Å². The van der Waals surface area contributed by atoms with E-state index in [1.807, 2.05) is 24.3 Å². The van der Waals surface area contributed by atoms with Crippen molar-refractivity contribution in [3.05, 3.63) is 83.4 Å². The third kappa shape index (κ3) is 5.09. The fourth-order valence-corrected chi connectivity index (χ4v) is 4.43. The Kier molecular flexibility index (Phi) is 6.43. The number of nitrogens with one attached hydrogen (secondary N) is 2. The predicted molar refractivity (Wildman–Crippen MR) is 121 cm³/mol. The molecule has 2 N–H and O–H groups in total. The van der Waals surface area contributed by atoms with Crippen molar-refractivity contribution in [1.29, 1.82) is 0 Å². The molecule has 1 aliphatic heterocycles. The van der Waals surface area contributed by atoms with Crippen LogP contribution in [0.2, 0.25) is 0 Å². The molecule has 0 fully saturated rings. The molecule has 8 heteroatoms. The van der Waals surface area contributed by atoms with Gasteiger partial charge in [0.1, 0.15) is 0 Å². The lowest BCUT2D eigenvalue weighted by molar-refractivity contribution is 0.102. The second-order valence-corrected chi connectivity index (χ2v) is 9.21. The minimum atomic E-state index is -3.82. The Bertz CT molecular complexity index is 1220. The van der Waals surface area contributed by atoms with Crippen molar-refractivity contribution in [1.82, 2.24) is 4.72 Å². The molecule has 0 spiro atoms. The zero-order valence-electron chi connectivity index (χ0n) is 17.6. The number of carbonyl (C=O) groups is 1. The van der Waals surface area contributed by atoms with Gasteiger partial charge in [0.25, 0.3) is 5.91 Å². The van der Waals surface area contributed by atoms with E-state index < -0.39 is 10.0 Å². The Morgan fingerprint density at radius 2 is 1.69 bits per heavy atom. The van der Waals surface area contributed by atoms with Crippen LogP contribution in [-0.4, -0.2) is 21.1 Å². The average molecular weight is 453 g/mol. The molecular formula is C24H24N2O5S. The number of amides is 1. The van der Waals surface area contributed by atoms with E-state index in [9.17, 15) is 13.2 Å². The SMILES string of the molecule is CCCc1ccc(NC(=O)c2cccc(S(=O)(=O)NCc3ccc4c(c3)OCO4)c2)cc1. The lowest BCUT2D eigenvalue weighted by Gasteiger charge is -2.10. The minimum absolute atomic E-state index is 0.0178. The maximum Gasteiger partial charge on any atom is 0.255 e. The zero-order valence-corrected chi connectivity index (χ0v) is 18.4. The molecule has 32 heavy (non-hydrogen) atoms. The third-order valence-corrected chi connectivity index (χ3v) is 6.46. The summed E-state index contributed by atoms with van der Waals surface area (Å²) in [5.74, 6) is 0.847. The molecule has 0 aromatic heterocycles. The number of fused-ring (bicyclic) bond motifs is 1. The van der Waals surface area contributed by atoms with Gasteiger partial charge in [-0.3, -0.25) is 4.79 Å². The summed E-state index contributed by atoms with van der Waals surface area (Å²) in [6, 6.07) is 18.8. The molecule has 1 heterocycles. The standard InChI is InChI=1S/C24H24N2O5S/c1-2-4-17-7-10-20(11-8-17)26-24(27)19-5-3-6-21(14-19)32(28,29)25-15-18-9-12-22-23(13-18)31-16-30-22/h3,5-14,25H,2,4,15-16H2,1H3,(H,26,27). The van der Waals surface area contributed by atoms with Crippen molar-refractivity contribution < 1.29 is 22.7 Å². The van der Waals surface area contributed by atoms with E-state index in [1.165, 1.54) is 17.7 Å². The maximum absolute atomic E-state index is 12.8. The summed E-state index contributed by atoms with van der Waals surface area (Å²) < 4.78 is 38.7.